The molecule has 0 bridgehead atoms. The Labute approximate surface area is 181 Å². The topological polar surface area (TPSA) is 88.2 Å². The third-order valence-electron chi connectivity index (χ3n) is 5.52. The number of nitrogens with one attached hydrogen (secondary N) is 1. The molecule has 1 saturated carbocycles. The highest BCUT2D eigenvalue weighted by Crippen LogP contribution is 2.46. The zero-order valence-electron chi connectivity index (χ0n) is 15.8. The molecule has 3 aliphatic rings. The largest absolute Gasteiger partial charge is 0.438 e. The molecule has 1 aromatic heterocycles. The molecule has 156 valence electrons. The standard InChI is InChI=1S/C20H18ClN3O5S/c21-16-6-5-14(30-16)18(26)22-15-9-20(15)11-24(19(27)29-20)13-3-1-12(2-4-13)23-7-8-28-10-17(23)25/h1-6,15H,7-11H2,(H,22,26)/t15?,20-/m1/s1. The molecule has 5 rings (SSSR count). The highest BCUT2D eigenvalue weighted by Gasteiger charge is 2.64. The van der Waals surface area contributed by atoms with Crippen LogP contribution in [0.3, 0.4) is 0 Å². The fraction of sp³-hybridized carbons (Fsp3) is 0.350. The fourth-order valence-corrected chi connectivity index (χ4v) is 4.76. The van der Waals surface area contributed by atoms with Gasteiger partial charge in [-0.15, -0.1) is 11.3 Å². The van der Waals surface area contributed by atoms with Crippen LogP contribution in [0.4, 0.5) is 16.2 Å². The van der Waals surface area contributed by atoms with Crippen LogP contribution in [0.2, 0.25) is 4.34 Å². The van der Waals surface area contributed by atoms with Crippen molar-refractivity contribution in [3.63, 3.8) is 0 Å². The number of carbonyl (C=O) groups excluding carboxylic acids is 3. The molecule has 8 nitrogen and oxygen atoms in total. The number of thiophene rings is 1. The van der Waals surface area contributed by atoms with Crippen LogP contribution in [0, 0.1) is 0 Å². The van der Waals surface area contributed by atoms with Crippen LogP contribution in [0.5, 0.6) is 0 Å². The molecule has 1 aromatic carbocycles. The first-order valence-corrected chi connectivity index (χ1v) is 10.7. The molecule has 3 heterocycles. The quantitative estimate of drug-likeness (QED) is 0.778. The van der Waals surface area contributed by atoms with Crippen molar-refractivity contribution >= 4 is 52.2 Å². The normalized spacial score (nSPS) is 25.6. The Bertz CT molecular complexity index is 1030. The van der Waals surface area contributed by atoms with Crippen molar-refractivity contribution in [3.8, 4) is 0 Å². The third kappa shape index (κ3) is 3.42. The van der Waals surface area contributed by atoms with E-state index in [0.717, 1.165) is 5.69 Å². The first kappa shape index (κ1) is 19.3. The number of anilines is 2. The van der Waals surface area contributed by atoms with Crippen molar-refractivity contribution in [1.29, 1.82) is 0 Å². The SMILES string of the molecule is O=C(NC1C[C@@]12CN(c1ccc(N3CCOCC3=O)cc1)C(=O)O2)c1ccc(Cl)s1. The van der Waals surface area contributed by atoms with E-state index in [0.29, 0.717) is 41.0 Å². The third-order valence-corrected chi connectivity index (χ3v) is 6.75. The van der Waals surface area contributed by atoms with Gasteiger partial charge in [0.2, 0.25) is 0 Å². The number of hydrogen-bond donors (Lipinski definition) is 1. The lowest BCUT2D eigenvalue weighted by molar-refractivity contribution is -0.125. The molecule has 2 aromatic rings. The number of carbonyl (C=O) groups is 3. The molecule has 2 atom stereocenters. The van der Waals surface area contributed by atoms with Gasteiger partial charge in [0.1, 0.15) is 6.61 Å². The van der Waals surface area contributed by atoms with E-state index in [4.69, 9.17) is 21.1 Å². The number of hydrogen-bond acceptors (Lipinski definition) is 6. The van der Waals surface area contributed by atoms with Crippen LogP contribution in [0.15, 0.2) is 36.4 Å². The van der Waals surface area contributed by atoms with Gasteiger partial charge in [0.25, 0.3) is 11.8 Å². The minimum Gasteiger partial charge on any atom is -0.438 e. The second-order valence-electron chi connectivity index (χ2n) is 7.47. The van der Waals surface area contributed by atoms with Crippen LogP contribution in [0.1, 0.15) is 16.1 Å². The summed E-state index contributed by atoms with van der Waals surface area (Å²) in [6.07, 6.45) is 0.126. The number of rotatable bonds is 4. The van der Waals surface area contributed by atoms with Crippen LogP contribution in [-0.2, 0) is 14.3 Å². The molecule has 1 aliphatic carbocycles. The van der Waals surface area contributed by atoms with E-state index in [1.54, 1.807) is 34.1 Å². The molecular weight excluding hydrogens is 430 g/mol. The van der Waals surface area contributed by atoms with E-state index in [2.05, 4.69) is 5.32 Å². The summed E-state index contributed by atoms with van der Waals surface area (Å²) in [5, 5.41) is 2.92. The number of benzene rings is 1. The molecule has 1 N–H and O–H groups in total. The molecule has 2 saturated heterocycles. The van der Waals surface area contributed by atoms with Crippen LogP contribution < -0.4 is 15.1 Å². The number of morpholine rings is 1. The summed E-state index contributed by atoms with van der Waals surface area (Å²) in [6, 6.07) is 10.3. The molecule has 1 unspecified atom stereocenters. The number of amides is 3. The fourth-order valence-electron chi connectivity index (χ4n) is 3.82. The Morgan fingerprint density at radius 1 is 1.13 bits per heavy atom. The Morgan fingerprint density at radius 3 is 2.53 bits per heavy atom. The predicted octanol–water partition coefficient (Wildman–Crippen LogP) is 2.66. The number of halogens is 1. The second-order valence-corrected chi connectivity index (χ2v) is 9.18. The van der Waals surface area contributed by atoms with E-state index in [1.165, 1.54) is 11.3 Å². The van der Waals surface area contributed by atoms with E-state index in [1.807, 2.05) is 12.1 Å². The van der Waals surface area contributed by atoms with Crippen LogP contribution in [0.25, 0.3) is 0 Å². The van der Waals surface area contributed by atoms with Gasteiger partial charge < -0.3 is 19.7 Å². The summed E-state index contributed by atoms with van der Waals surface area (Å²) in [6.45, 7) is 1.44. The van der Waals surface area contributed by atoms with Crippen molar-refractivity contribution in [2.75, 3.05) is 36.1 Å². The lowest BCUT2D eigenvalue weighted by Gasteiger charge is -2.27. The molecule has 1 spiro atoms. The number of ether oxygens (including phenoxy) is 2. The minimum absolute atomic E-state index is 0.0769. The first-order chi connectivity index (χ1) is 14.4. The zero-order valence-corrected chi connectivity index (χ0v) is 17.4. The van der Waals surface area contributed by atoms with Gasteiger partial charge in [0, 0.05) is 24.3 Å². The summed E-state index contributed by atoms with van der Waals surface area (Å²) in [4.78, 5) is 40.5. The summed E-state index contributed by atoms with van der Waals surface area (Å²) >= 11 is 7.09. The van der Waals surface area contributed by atoms with Crippen molar-refractivity contribution in [2.45, 2.75) is 18.1 Å². The maximum absolute atomic E-state index is 12.5. The van der Waals surface area contributed by atoms with Gasteiger partial charge in [0.05, 0.1) is 28.4 Å². The van der Waals surface area contributed by atoms with Gasteiger partial charge in [-0.1, -0.05) is 11.6 Å². The van der Waals surface area contributed by atoms with Crippen molar-refractivity contribution in [1.82, 2.24) is 5.32 Å². The average Bonchev–Trinajstić information content (AvgIpc) is 3.04. The Morgan fingerprint density at radius 2 is 1.87 bits per heavy atom. The molecule has 10 heteroatoms. The second kappa shape index (κ2) is 7.26. The highest BCUT2D eigenvalue weighted by molar-refractivity contribution is 7.18. The summed E-state index contributed by atoms with van der Waals surface area (Å²) < 4.78 is 11.3. The Kier molecular flexibility index (Phi) is 4.68. The molecule has 3 amide bonds. The van der Waals surface area contributed by atoms with E-state index >= 15 is 0 Å². The summed E-state index contributed by atoms with van der Waals surface area (Å²) in [7, 11) is 0. The van der Waals surface area contributed by atoms with Gasteiger partial charge in [0.15, 0.2) is 5.60 Å². The van der Waals surface area contributed by atoms with E-state index in [-0.39, 0.29) is 24.5 Å². The van der Waals surface area contributed by atoms with Crippen molar-refractivity contribution < 1.29 is 23.9 Å². The molecule has 30 heavy (non-hydrogen) atoms. The molecule has 0 radical (unpaired) electrons. The smallest absolute Gasteiger partial charge is 0.415 e. The molecule has 3 fully saturated rings. The lowest BCUT2D eigenvalue weighted by Crippen LogP contribution is -2.41. The highest BCUT2D eigenvalue weighted by atomic mass is 35.5. The van der Waals surface area contributed by atoms with Gasteiger partial charge >= 0.3 is 6.09 Å². The summed E-state index contributed by atoms with van der Waals surface area (Å²) in [5.41, 5.74) is 0.746. The first-order valence-electron chi connectivity index (χ1n) is 9.50. The maximum Gasteiger partial charge on any atom is 0.415 e. The van der Waals surface area contributed by atoms with Gasteiger partial charge in [-0.05, 0) is 36.4 Å². The molecule has 2 aliphatic heterocycles. The average molecular weight is 448 g/mol. The zero-order chi connectivity index (χ0) is 20.9. The van der Waals surface area contributed by atoms with Crippen LogP contribution in [-0.4, -0.2) is 55.9 Å². The van der Waals surface area contributed by atoms with E-state index in [9.17, 15) is 14.4 Å². The van der Waals surface area contributed by atoms with E-state index < -0.39 is 11.7 Å². The van der Waals surface area contributed by atoms with Crippen molar-refractivity contribution in [3.05, 3.63) is 45.6 Å². The Balaban J connectivity index is 1.24. The molecular formula is C20H18ClN3O5S. The number of nitrogens with zero attached hydrogens (tertiary/aromatic N) is 2. The Hall–Kier alpha value is -2.62. The van der Waals surface area contributed by atoms with Crippen LogP contribution >= 0.6 is 22.9 Å². The maximum atomic E-state index is 12.5. The minimum atomic E-state index is -0.702. The van der Waals surface area contributed by atoms with Gasteiger partial charge in [-0.2, -0.15) is 0 Å². The monoisotopic (exact) mass is 447 g/mol. The van der Waals surface area contributed by atoms with Gasteiger partial charge in [-0.3, -0.25) is 14.5 Å². The lowest BCUT2D eigenvalue weighted by atomic mass is 10.2. The van der Waals surface area contributed by atoms with Gasteiger partial charge in [-0.25, -0.2) is 4.79 Å². The summed E-state index contributed by atoms with van der Waals surface area (Å²) in [5.74, 6) is -0.306. The van der Waals surface area contributed by atoms with Crippen molar-refractivity contribution in [2.24, 2.45) is 0 Å². The predicted molar refractivity (Wildman–Crippen MR) is 111 cm³/mol.